The molecule has 4 fully saturated rings. The number of nitrogens with zero attached hydrogens (tertiary/aromatic N) is 1. The molecule has 1 spiro atoms. The summed E-state index contributed by atoms with van der Waals surface area (Å²) in [5, 5.41) is 0. The van der Waals surface area contributed by atoms with E-state index in [1.165, 1.54) is 136 Å². The molecule has 4 saturated carbocycles. The Morgan fingerprint density at radius 3 is 1.48 bits per heavy atom. The normalized spacial score (nSPS) is 27.7. The number of anilines is 3. The van der Waals surface area contributed by atoms with Gasteiger partial charge in [-0.1, -0.05) is 148 Å². The van der Waals surface area contributed by atoms with Crippen LogP contribution in [0.5, 0.6) is 0 Å². The van der Waals surface area contributed by atoms with E-state index in [4.69, 9.17) is 0 Å². The highest BCUT2D eigenvalue weighted by Gasteiger charge is 2.62. The Bertz CT molecular complexity index is 3010. The maximum atomic E-state index is 2.76. The van der Waals surface area contributed by atoms with Gasteiger partial charge in [-0.25, -0.2) is 0 Å². The minimum atomic E-state index is -0.103. The minimum Gasteiger partial charge on any atom is -0.310 e. The van der Waals surface area contributed by atoms with Crippen LogP contribution in [0.3, 0.4) is 0 Å². The number of hydrogen-bond acceptors (Lipinski definition) is 1. The molecule has 0 radical (unpaired) electrons. The Kier molecular flexibility index (Phi) is 8.40. The van der Waals surface area contributed by atoms with Gasteiger partial charge in [-0.2, -0.15) is 0 Å². The summed E-state index contributed by atoms with van der Waals surface area (Å²) < 4.78 is 0. The molecule has 14 rings (SSSR count). The lowest BCUT2D eigenvalue weighted by atomic mass is 9.43. The summed E-state index contributed by atoms with van der Waals surface area (Å²) in [6.45, 7) is 24.7. The standard InChI is InChI=1S/C65H71N/c1-60(2)25-27-62(5,6)56-34-41(19-23-53(56)60)50-35-46(38-58-59(50)49-16-12-14-18-52(49)65(58)42-30-39-29-40(32-42)33-43(65)31-39)66(45-21-24-54-57(37-45)63(7,8)28-26-61(54,3)4)44-20-22-48-47-15-11-13-17-51(47)64(9,10)55(48)36-44/h11-24,34-40,42-43H,25-33H2,1-10H3. The lowest BCUT2D eigenvalue weighted by molar-refractivity contribution is -0.0399. The highest BCUT2D eigenvalue weighted by molar-refractivity contribution is 5.97. The molecular weight excluding hydrogens is 795 g/mol. The number of rotatable bonds is 4. The maximum absolute atomic E-state index is 2.76. The molecule has 4 bridgehead atoms. The summed E-state index contributed by atoms with van der Waals surface area (Å²) in [5.74, 6) is 3.15. The largest absolute Gasteiger partial charge is 0.310 e. The smallest absolute Gasteiger partial charge is 0.0471 e. The van der Waals surface area contributed by atoms with Crippen molar-refractivity contribution in [2.75, 3.05) is 4.90 Å². The van der Waals surface area contributed by atoms with E-state index in [1.807, 2.05) is 0 Å². The van der Waals surface area contributed by atoms with Crippen LogP contribution in [0.25, 0.3) is 33.4 Å². The van der Waals surface area contributed by atoms with Crippen LogP contribution in [0.15, 0.2) is 115 Å². The Balaban J connectivity index is 1.11. The van der Waals surface area contributed by atoms with Crippen molar-refractivity contribution in [2.45, 2.75) is 160 Å². The van der Waals surface area contributed by atoms with Crippen LogP contribution in [0.2, 0.25) is 0 Å². The van der Waals surface area contributed by atoms with E-state index in [9.17, 15) is 0 Å². The van der Waals surface area contributed by atoms with Crippen LogP contribution in [0.4, 0.5) is 17.1 Å². The molecule has 336 valence electrons. The van der Waals surface area contributed by atoms with Gasteiger partial charge in [-0.3, -0.25) is 0 Å². The van der Waals surface area contributed by atoms with E-state index in [0.29, 0.717) is 11.8 Å². The minimum absolute atomic E-state index is 0.0364. The molecule has 8 aliphatic carbocycles. The first-order valence-electron chi connectivity index (χ1n) is 26.0. The topological polar surface area (TPSA) is 3.24 Å². The fraction of sp³-hybridized carbons (Fsp3) is 0.446. The molecule has 6 aromatic carbocycles. The van der Waals surface area contributed by atoms with Crippen molar-refractivity contribution in [3.05, 3.63) is 160 Å². The van der Waals surface area contributed by atoms with Gasteiger partial charge in [0.05, 0.1) is 0 Å². The summed E-state index contributed by atoms with van der Waals surface area (Å²) in [5.41, 5.74) is 25.1. The van der Waals surface area contributed by atoms with E-state index in [-0.39, 0.29) is 32.5 Å². The summed E-state index contributed by atoms with van der Waals surface area (Å²) >= 11 is 0. The molecule has 0 heterocycles. The zero-order valence-corrected chi connectivity index (χ0v) is 41.6. The third-order valence-corrected chi connectivity index (χ3v) is 20.0. The van der Waals surface area contributed by atoms with Crippen LogP contribution in [0.1, 0.15) is 172 Å². The lowest BCUT2D eigenvalue weighted by Gasteiger charge is -2.61. The predicted octanol–water partition coefficient (Wildman–Crippen LogP) is 17.6. The van der Waals surface area contributed by atoms with Gasteiger partial charge in [-0.05, 0) is 217 Å². The Labute approximate surface area is 396 Å². The molecule has 0 amide bonds. The van der Waals surface area contributed by atoms with Crippen molar-refractivity contribution in [3.63, 3.8) is 0 Å². The Hall–Kier alpha value is -4.88. The van der Waals surface area contributed by atoms with Gasteiger partial charge in [0.1, 0.15) is 0 Å². The van der Waals surface area contributed by atoms with E-state index in [1.54, 1.807) is 16.7 Å². The molecule has 1 heteroatoms. The van der Waals surface area contributed by atoms with E-state index >= 15 is 0 Å². The summed E-state index contributed by atoms with van der Waals surface area (Å²) in [4.78, 5) is 2.71. The van der Waals surface area contributed by atoms with Crippen LogP contribution in [-0.2, 0) is 32.5 Å². The van der Waals surface area contributed by atoms with Crippen molar-refractivity contribution in [2.24, 2.45) is 23.7 Å². The van der Waals surface area contributed by atoms with E-state index in [0.717, 1.165) is 11.8 Å². The fourth-order valence-corrected chi connectivity index (χ4v) is 16.4. The third-order valence-electron chi connectivity index (χ3n) is 20.0. The van der Waals surface area contributed by atoms with Crippen LogP contribution < -0.4 is 4.90 Å². The zero-order chi connectivity index (χ0) is 45.5. The second kappa shape index (κ2) is 13.4. The molecule has 0 N–H and O–H groups in total. The van der Waals surface area contributed by atoms with Gasteiger partial charge in [0.15, 0.2) is 0 Å². The van der Waals surface area contributed by atoms with Crippen LogP contribution in [-0.4, -0.2) is 0 Å². The maximum Gasteiger partial charge on any atom is 0.0471 e. The molecule has 66 heavy (non-hydrogen) atoms. The summed E-state index contributed by atoms with van der Waals surface area (Å²) in [7, 11) is 0. The van der Waals surface area contributed by atoms with Crippen molar-refractivity contribution < 1.29 is 0 Å². The first kappa shape index (κ1) is 41.3. The molecule has 0 aliphatic heterocycles. The highest BCUT2D eigenvalue weighted by Crippen LogP contribution is 2.71. The average molecular weight is 866 g/mol. The first-order chi connectivity index (χ1) is 31.4. The van der Waals surface area contributed by atoms with E-state index in [2.05, 4.69) is 189 Å². The van der Waals surface area contributed by atoms with Crippen molar-refractivity contribution in [1.29, 1.82) is 0 Å². The molecule has 6 aromatic rings. The monoisotopic (exact) mass is 866 g/mol. The quantitative estimate of drug-likeness (QED) is 0.171. The lowest BCUT2D eigenvalue weighted by Crippen LogP contribution is -2.55. The first-order valence-corrected chi connectivity index (χ1v) is 26.0. The predicted molar refractivity (Wildman–Crippen MR) is 278 cm³/mol. The van der Waals surface area contributed by atoms with Gasteiger partial charge >= 0.3 is 0 Å². The summed E-state index contributed by atoms with van der Waals surface area (Å²) in [6, 6.07) is 47.1. The van der Waals surface area contributed by atoms with Crippen LogP contribution >= 0.6 is 0 Å². The van der Waals surface area contributed by atoms with E-state index < -0.39 is 0 Å². The van der Waals surface area contributed by atoms with Crippen molar-refractivity contribution >= 4 is 17.1 Å². The summed E-state index contributed by atoms with van der Waals surface area (Å²) in [6.07, 6.45) is 11.8. The van der Waals surface area contributed by atoms with Gasteiger partial charge in [0.25, 0.3) is 0 Å². The average Bonchev–Trinajstić information content (AvgIpc) is 3.71. The van der Waals surface area contributed by atoms with Gasteiger partial charge in [-0.15, -0.1) is 0 Å². The van der Waals surface area contributed by atoms with Crippen LogP contribution in [0, 0.1) is 23.7 Å². The second-order valence-corrected chi connectivity index (χ2v) is 25.9. The Morgan fingerprint density at radius 2 is 0.848 bits per heavy atom. The molecule has 8 aliphatic rings. The van der Waals surface area contributed by atoms with Crippen molar-refractivity contribution in [3.8, 4) is 33.4 Å². The zero-order valence-electron chi connectivity index (χ0n) is 41.6. The molecular formula is C65H71N. The third kappa shape index (κ3) is 5.52. The second-order valence-electron chi connectivity index (χ2n) is 25.9. The highest BCUT2D eigenvalue weighted by atomic mass is 15.1. The SMILES string of the molecule is CC1(C)CCC(C)(C)c2cc(-c3cc(N(c4ccc5c(c4)C(C)(C)CCC5(C)C)c4ccc5c(c4)C(C)(C)c4ccccc4-5)cc4c3-c3ccccc3C43C4CC5CC(C4)CC3C5)ccc21. The molecule has 0 aromatic heterocycles. The fourth-order valence-electron chi connectivity index (χ4n) is 16.4. The molecule has 0 atom stereocenters. The van der Waals surface area contributed by atoms with Crippen molar-refractivity contribution in [1.82, 2.24) is 0 Å². The number of benzene rings is 6. The van der Waals surface area contributed by atoms with Gasteiger partial charge in [0, 0.05) is 27.9 Å². The van der Waals surface area contributed by atoms with Gasteiger partial charge < -0.3 is 4.90 Å². The van der Waals surface area contributed by atoms with Gasteiger partial charge in [0.2, 0.25) is 0 Å². The molecule has 0 saturated heterocycles. The molecule has 0 unspecified atom stereocenters. The number of hydrogen-bond donors (Lipinski definition) is 0. The molecule has 1 nitrogen and oxygen atoms in total. The number of fused-ring (bicyclic) bond motifs is 8. The Morgan fingerprint density at radius 1 is 0.364 bits per heavy atom.